The summed E-state index contributed by atoms with van der Waals surface area (Å²) in [5.74, 6) is -0.417. The fourth-order valence-corrected chi connectivity index (χ4v) is 2.88. The first kappa shape index (κ1) is 13.8. The molecule has 1 aromatic carbocycles. The van der Waals surface area contributed by atoms with Crippen molar-refractivity contribution in [1.82, 2.24) is 0 Å². The van der Waals surface area contributed by atoms with Gasteiger partial charge in [0.1, 0.15) is 0 Å². The fourth-order valence-electron chi connectivity index (χ4n) is 1.79. The van der Waals surface area contributed by atoms with Crippen molar-refractivity contribution in [2.24, 2.45) is 5.16 Å². The lowest BCUT2D eigenvalue weighted by molar-refractivity contribution is 0.0980. The molecule has 1 unspecified atom stereocenters. The molecule has 0 radical (unpaired) electrons. The molecule has 0 amide bonds. The van der Waals surface area contributed by atoms with Gasteiger partial charge in [0, 0.05) is 16.9 Å². The molecule has 0 bridgehead atoms. The maximum Gasteiger partial charge on any atom is 0.163 e. The first-order chi connectivity index (χ1) is 9.22. The fraction of sp³-hybridized carbons (Fsp3) is 0.143. The largest absolute Gasteiger partial charge is 0.410 e. The van der Waals surface area contributed by atoms with E-state index in [4.69, 9.17) is 16.8 Å². The van der Waals surface area contributed by atoms with Crippen molar-refractivity contribution in [1.29, 1.82) is 0 Å². The van der Waals surface area contributed by atoms with Crippen LogP contribution >= 0.6 is 22.9 Å². The number of oxime groups is 1. The molecule has 1 aromatic heterocycles. The number of hydrogen-bond donors (Lipinski definition) is 1. The standard InChI is InChI=1S/C14H12ClNO2S/c15-14(16-18)11(13-7-4-8-19-13)9-12(17)10-5-2-1-3-6-10/h1-8,11,18H,9H2/b16-14-. The quantitative estimate of drug-likeness (QED) is 0.390. The molecule has 0 aliphatic heterocycles. The van der Waals surface area contributed by atoms with Gasteiger partial charge in [0.05, 0.1) is 5.92 Å². The molecule has 0 aliphatic rings. The highest BCUT2D eigenvalue weighted by Crippen LogP contribution is 2.28. The van der Waals surface area contributed by atoms with Crippen LogP contribution in [0.4, 0.5) is 0 Å². The number of ketones is 1. The van der Waals surface area contributed by atoms with Gasteiger partial charge in [-0.15, -0.1) is 11.3 Å². The number of carbonyl (C=O) groups excluding carboxylic acids is 1. The van der Waals surface area contributed by atoms with Gasteiger partial charge in [0.2, 0.25) is 0 Å². The summed E-state index contributed by atoms with van der Waals surface area (Å²) in [6, 6.07) is 12.8. The molecule has 0 spiro atoms. The van der Waals surface area contributed by atoms with Crippen molar-refractivity contribution in [2.45, 2.75) is 12.3 Å². The monoisotopic (exact) mass is 293 g/mol. The lowest BCUT2D eigenvalue weighted by Gasteiger charge is -2.11. The van der Waals surface area contributed by atoms with Crippen LogP contribution in [0.15, 0.2) is 53.0 Å². The van der Waals surface area contributed by atoms with Crippen molar-refractivity contribution in [3.63, 3.8) is 0 Å². The number of Topliss-reactive ketones (excluding diaryl/α,β-unsaturated/α-hetero) is 1. The molecule has 1 N–H and O–H groups in total. The van der Waals surface area contributed by atoms with E-state index < -0.39 is 0 Å². The Hall–Kier alpha value is -1.65. The van der Waals surface area contributed by atoms with Crippen LogP contribution in [-0.2, 0) is 0 Å². The maximum absolute atomic E-state index is 12.2. The van der Waals surface area contributed by atoms with Gasteiger partial charge in [0.25, 0.3) is 0 Å². The Balaban J connectivity index is 2.20. The zero-order valence-corrected chi connectivity index (χ0v) is 11.6. The number of halogens is 1. The average molecular weight is 294 g/mol. The topological polar surface area (TPSA) is 49.7 Å². The maximum atomic E-state index is 12.2. The van der Waals surface area contributed by atoms with Crippen LogP contribution in [-0.4, -0.2) is 16.2 Å². The average Bonchev–Trinajstić information content (AvgIpc) is 2.98. The Bertz CT molecular complexity index is 566. The SMILES string of the molecule is O=C(CC(/C(Cl)=N/O)c1cccs1)c1ccccc1. The number of carbonyl (C=O) groups is 1. The van der Waals surface area contributed by atoms with E-state index in [1.54, 1.807) is 12.1 Å². The van der Waals surface area contributed by atoms with Crippen LogP contribution in [0.1, 0.15) is 27.6 Å². The van der Waals surface area contributed by atoms with Crippen LogP contribution in [0.5, 0.6) is 0 Å². The summed E-state index contributed by atoms with van der Waals surface area (Å²) in [5, 5.41) is 13.8. The summed E-state index contributed by atoms with van der Waals surface area (Å²) in [5.41, 5.74) is 0.631. The molecule has 19 heavy (non-hydrogen) atoms. The molecule has 0 aliphatic carbocycles. The van der Waals surface area contributed by atoms with Crippen molar-refractivity contribution in [3.8, 4) is 0 Å². The molecule has 5 heteroatoms. The predicted octanol–water partition coefficient (Wildman–Crippen LogP) is 4.13. The van der Waals surface area contributed by atoms with Crippen LogP contribution < -0.4 is 0 Å². The number of hydrogen-bond acceptors (Lipinski definition) is 4. The van der Waals surface area contributed by atoms with E-state index in [-0.39, 0.29) is 23.3 Å². The Morgan fingerprint density at radius 3 is 2.58 bits per heavy atom. The van der Waals surface area contributed by atoms with E-state index in [2.05, 4.69) is 5.16 Å². The second-order valence-corrected chi connectivity index (χ2v) is 5.35. The van der Waals surface area contributed by atoms with Gasteiger partial charge >= 0.3 is 0 Å². The van der Waals surface area contributed by atoms with E-state index in [9.17, 15) is 4.79 Å². The minimum Gasteiger partial charge on any atom is -0.410 e. The summed E-state index contributed by atoms with van der Waals surface area (Å²) in [6.07, 6.45) is 0.188. The number of thiophene rings is 1. The summed E-state index contributed by atoms with van der Waals surface area (Å²) < 4.78 is 0. The van der Waals surface area contributed by atoms with Crippen LogP contribution in [0.2, 0.25) is 0 Å². The van der Waals surface area contributed by atoms with Crippen LogP contribution in [0.3, 0.4) is 0 Å². The Morgan fingerprint density at radius 1 is 1.26 bits per heavy atom. The highest BCUT2D eigenvalue weighted by Gasteiger charge is 2.22. The highest BCUT2D eigenvalue weighted by atomic mass is 35.5. The van der Waals surface area contributed by atoms with E-state index in [0.29, 0.717) is 5.56 Å². The van der Waals surface area contributed by atoms with Crippen molar-refractivity contribution < 1.29 is 10.0 Å². The number of rotatable bonds is 5. The Morgan fingerprint density at radius 2 is 2.00 bits per heavy atom. The Kier molecular flexibility index (Phi) is 4.71. The van der Waals surface area contributed by atoms with Gasteiger partial charge in [-0.2, -0.15) is 0 Å². The summed E-state index contributed by atoms with van der Waals surface area (Å²) in [7, 11) is 0. The molecule has 3 nitrogen and oxygen atoms in total. The lowest BCUT2D eigenvalue weighted by Crippen LogP contribution is -2.12. The third-order valence-electron chi connectivity index (χ3n) is 2.75. The highest BCUT2D eigenvalue weighted by molar-refractivity contribution is 7.10. The number of nitrogens with zero attached hydrogens (tertiary/aromatic N) is 1. The molecular weight excluding hydrogens is 282 g/mol. The van der Waals surface area contributed by atoms with Gasteiger partial charge in [0.15, 0.2) is 11.0 Å². The third-order valence-corrected chi connectivity index (χ3v) is 4.08. The number of benzene rings is 1. The minimum atomic E-state index is -0.389. The summed E-state index contributed by atoms with van der Waals surface area (Å²) in [6.45, 7) is 0. The molecular formula is C14H12ClNO2S. The third kappa shape index (κ3) is 3.43. The van der Waals surface area contributed by atoms with E-state index >= 15 is 0 Å². The molecule has 1 atom stereocenters. The van der Waals surface area contributed by atoms with Gasteiger partial charge in [-0.1, -0.05) is 53.2 Å². The first-order valence-corrected chi connectivity index (χ1v) is 6.97. The molecule has 98 valence electrons. The zero-order valence-electron chi connectivity index (χ0n) is 9.99. The molecule has 0 saturated carbocycles. The second-order valence-electron chi connectivity index (χ2n) is 3.98. The normalized spacial score (nSPS) is 13.2. The smallest absolute Gasteiger partial charge is 0.163 e. The molecule has 1 heterocycles. The minimum absolute atomic E-state index is 0.0270. The Labute approximate surface area is 120 Å². The molecule has 2 aromatic rings. The van der Waals surface area contributed by atoms with Gasteiger partial charge in [-0.25, -0.2) is 0 Å². The molecule has 2 rings (SSSR count). The van der Waals surface area contributed by atoms with Crippen LogP contribution in [0.25, 0.3) is 0 Å². The van der Waals surface area contributed by atoms with E-state index in [1.807, 2.05) is 35.7 Å². The summed E-state index contributed by atoms with van der Waals surface area (Å²) >= 11 is 7.39. The van der Waals surface area contributed by atoms with E-state index in [0.717, 1.165) is 4.88 Å². The van der Waals surface area contributed by atoms with E-state index in [1.165, 1.54) is 11.3 Å². The van der Waals surface area contributed by atoms with Gasteiger partial charge in [-0.3, -0.25) is 4.79 Å². The first-order valence-electron chi connectivity index (χ1n) is 5.71. The van der Waals surface area contributed by atoms with Crippen molar-refractivity contribution in [3.05, 3.63) is 58.3 Å². The molecule has 0 fully saturated rings. The second kappa shape index (κ2) is 6.50. The van der Waals surface area contributed by atoms with Gasteiger partial charge in [-0.05, 0) is 11.4 Å². The van der Waals surface area contributed by atoms with Crippen molar-refractivity contribution in [2.75, 3.05) is 0 Å². The van der Waals surface area contributed by atoms with Crippen molar-refractivity contribution >= 4 is 33.9 Å². The van der Waals surface area contributed by atoms with Crippen LogP contribution in [0, 0.1) is 0 Å². The predicted molar refractivity (Wildman–Crippen MR) is 77.5 cm³/mol. The van der Waals surface area contributed by atoms with Gasteiger partial charge < -0.3 is 5.21 Å². The lowest BCUT2D eigenvalue weighted by atomic mass is 9.97. The molecule has 0 saturated heterocycles. The summed E-state index contributed by atoms with van der Waals surface area (Å²) in [4.78, 5) is 13.1. The zero-order chi connectivity index (χ0) is 13.7.